The number of benzene rings is 1. The molecule has 0 aliphatic carbocycles. The molecule has 0 radical (unpaired) electrons. The summed E-state index contributed by atoms with van der Waals surface area (Å²) in [7, 11) is 3.67. The second kappa shape index (κ2) is 3.54. The van der Waals surface area contributed by atoms with Gasteiger partial charge in [-0.2, -0.15) is 0 Å². The molecule has 0 atom stereocenters. The van der Waals surface area contributed by atoms with Gasteiger partial charge in [-0.15, -0.1) is 0 Å². The topological polar surface area (TPSA) is 18.0 Å². The average Bonchev–Trinajstić information content (AvgIpc) is 2.65. The molecular weight excluding hydrogens is 176 g/mol. The fourth-order valence-electron chi connectivity index (χ4n) is 1.36. The van der Waals surface area contributed by atoms with Gasteiger partial charge in [-0.05, 0) is 24.3 Å². The Morgan fingerprint density at radius 3 is 2.43 bits per heavy atom. The van der Waals surface area contributed by atoms with Crippen LogP contribution >= 0.6 is 0 Å². The molecule has 0 aliphatic rings. The zero-order valence-corrected chi connectivity index (χ0v) is 8.34. The van der Waals surface area contributed by atoms with Gasteiger partial charge in [0.05, 0.1) is 14.2 Å². The Labute approximate surface area is 83.2 Å². The third kappa shape index (κ3) is 1.62. The third-order valence-electron chi connectivity index (χ3n) is 2.14. The summed E-state index contributed by atoms with van der Waals surface area (Å²) >= 11 is 0. The van der Waals surface area contributed by atoms with Crippen molar-refractivity contribution < 1.29 is 9.30 Å². The van der Waals surface area contributed by atoms with E-state index in [0.29, 0.717) is 0 Å². The monoisotopic (exact) mass is 189 g/mol. The van der Waals surface area contributed by atoms with E-state index in [0.717, 1.165) is 11.4 Å². The Morgan fingerprint density at radius 1 is 1.21 bits per heavy atom. The maximum absolute atomic E-state index is 5.10. The number of rotatable bonds is 2. The average molecular weight is 189 g/mol. The van der Waals surface area contributed by atoms with Crippen LogP contribution in [0.1, 0.15) is 0 Å². The molecule has 0 aliphatic heterocycles. The molecule has 2 rings (SSSR count). The van der Waals surface area contributed by atoms with Crippen LogP contribution in [0.2, 0.25) is 0 Å². The lowest BCUT2D eigenvalue weighted by Crippen LogP contribution is -2.23. The van der Waals surface area contributed by atoms with Crippen molar-refractivity contribution in [2.75, 3.05) is 7.11 Å². The fraction of sp³-hybridized carbons (Fsp3) is 0.182. The lowest BCUT2D eigenvalue weighted by molar-refractivity contribution is -0.670. The van der Waals surface area contributed by atoms with Gasteiger partial charge in [0.2, 0.25) is 6.33 Å². The minimum absolute atomic E-state index is 0.880. The Hall–Kier alpha value is -1.77. The maximum Gasteiger partial charge on any atom is 0.248 e. The van der Waals surface area contributed by atoms with Crippen LogP contribution in [0.25, 0.3) is 5.69 Å². The molecule has 0 amide bonds. The summed E-state index contributed by atoms with van der Waals surface area (Å²) in [6.45, 7) is 0. The van der Waals surface area contributed by atoms with E-state index in [4.69, 9.17) is 4.74 Å². The van der Waals surface area contributed by atoms with Gasteiger partial charge in [0.1, 0.15) is 23.8 Å². The van der Waals surface area contributed by atoms with Gasteiger partial charge in [0.25, 0.3) is 0 Å². The number of methoxy groups -OCH3 is 1. The van der Waals surface area contributed by atoms with E-state index in [2.05, 4.69) is 4.57 Å². The lowest BCUT2D eigenvalue weighted by atomic mass is 10.3. The largest absolute Gasteiger partial charge is 0.497 e. The highest BCUT2D eigenvalue weighted by atomic mass is 16.5. The predicted octanol–water partition coefficient (Wildman–Crippen LogP) is 1.31. The van der Waals surface area contributed by atoms with E-state index in [1.807, 2.05) is 54.6 Å². The maximum atomic E-state index is 5.10. The molecule has 72 valence electrons. The van der Waals surface area contributed by atoms with Gasteiger partial charge < -0.3 is 4.74 Å². The lowest BCUT2D eigenvalue weighted by Gasteiger charge is -1.99. The summed E-state index contributed by atoms with van der Waals surface area (Å²) in [6, 6.07) is 7.96. The number of hydrogen-bond donors (Lipinski definition) is 0. The van der Waals surface area contributed by atoms with Gasteiger partial charge in [-0.25, -0.2) is 9.13 Å². The first-order valence-electron chi connectivity index (χ1n) is 4.47. The standard InChI is InChI=1S/C11H13N2O/c1-12-7-8-13(9-12)10-3-5-11(14-2)6-4-10/h3-9H,1-2H3/q+1. The molecule has 0 fully saturated rings. The molecule has 1 heterocycles. The Bertz CT molecular complexity index is 417. The predicted molar refractivity (Wildman–Crippen MR) is 53.5 cm³/mol. The van der Waals surface area contributed by atoms with Crippen LogP contribution < -0.4 is 9.30 Å². The quantitative estimate of drug-likeness (QED) is 0.651. The SMILES string of the molecule is COc1ccc(-n2cc[n+](C)c2)cc1. The zero-order valence-electron chi connectivity index (χ0n) is 8.34. The number of hydrogen-bond acceptors (Lipinski definition) is 1. The summed E-state index contributed by atoms with van der Waals surface area (Å²) in [5.74, 6) is 0.880. The first-order chi connectivity index (χ1) is 6.79. The van der Waals surface area contributed by atoms with Gasteiger partial charge in [-0.3, -0.25) is 0 Å². The minimum Gasteiger partial charge on any atom is -0.497 e. The number of aromatic nitrogens is 2. The van der Waals surface area contributed by atoms with E-state index < -0.39 is 0 Å². The normalized spacial score (nSPS) is 10.1. The molecule has 2 aromatic rings. The van der Waals surface area contributed by atoms with Crippen molar-refractivity contribution in [3.63, 3.8) is 0 Å². The van der Waals surface area contributed by atoms with Crippen LogP contribution in [0.15, 0.2) is 43.0 Å². The molecule has 0 N–H and O–H groups in total. The van der Waals surface area contributed by atoms with Gasteiger partial charge in [-0.1, -0.05) is 0 Å². The molecular formula is C11H13N2O+. The molecule has 1 aromatic heterocycles. The van der Waals surface area contributed by atoms with E-state index in [1.165, 1.54) is 0 Å². The van der Waals surface area contributed by atoms with Gasteiger partial charge in [0, 0.05) is 0 Å². The molecule has 3 heteroatoms. The van der Waals surface area contributed by atoms with Crippen LogP contribution in [0.5, 0.6) is 5.75 Å². The highest BCUT2D eigenvalue weighted by Gasteiger charge is 2.03. The van der Waals surface area contributed by atoms with Crippen molar-refractivity contribution in [2.24, 2.45) is 7.05 Å². The van der Waals surface area contributed by atoms with E-state index in [-0.39, 0.29) is 0 Å². The number of nitrogens with zero attached hydrogens (tertiary/aromatic N) is 2. The van der Waals surface area contributed by atoms with Gasteiger partial charge in [0.15, 0.2) is 0 Å². The highest BCUT2D eigenvalue weighted by molar-refractivity contribution is 5.36. The Kier molecular flexibility index (Phi) is 2.23. The first-order valence-corrected chi connectivity index (χ1v) is 4.47. The van der Waals surface area contributed by atoms with Crippen LogP contribution in [-0.2, 0) is 7.05 Å². The smallest absolute Gasteiger partial charge is 0.248 e. The molecule has 0 unspecified atom stereocenters. The fourth-order valence-corrected chi connectivity index (χ4v) is 1.36. The van der Waals surface area contributed by atoms with Crippen molar-refractivity contribution in [2.45, 2.75) is 0 Å². The van der Waals surface area contributed by atoms with E-state index >= 15 is 0 Å². The molecule has 14 heavy (non-hydrogen) atoms. The Balaban J connectivity index is 2.33. The summed E-state index contributed by atoms with van der Waals surface area (Å²) < 4.78 is 9.15. The van der Waals surface area contributed by atoms with Crippen LogP contribution in [0.3, 0.4) is 0 Å². The highest BCUT2D eigenvalue weighted by Crippen LogP contribution is 2.13. The molecule has 0 saturated carbocycles. The van der Waals surface area contributed by atoms with Crippen LogP contribution in [-0.4, -0.2) is 11.7 Å². The molecule has 0 saturated heterocycles. The number of ether oxygens (including phenoxy) is 1. The summed E-state index contributed by atoms with van der Waals surface area (Å²) in [6.07, 6.45) is 6.04. The third-order valence-corrected chi connectivity index (χ3v) is 2.14. The molecule has 0 spiro atoms. The van der Waals surface area contributed by atoms with E-state index in [1.54, 1.807) is 7.11 Å². The summed E-state index contributed by atoms with van der Waals surface area (Å²) in [5, 5.41) is 0. The summed E-state index contributed by atoms with van der Waals surface area (Å²) in [4.78, 5) is 0. The van der Waals surface area contributed by atoms with Gasteiger partial charge >= 0.3 is 0 Å². The van der Waals surface area contributed by atoms with Crippen molar-refractivity contribution in [1.82, 2.24) is 4.57 Å². The van der Waals surface area contributed by atoms with Crippen molar-refractivity contribution in [1.29, 1.82) is 0 Å². The van der Waals surface area contributed by atoms with Crippen LogP contribution in [0.4, 0.5) is 0 Å². The molecule has 1 aromatic carbocycles. The summed E-state index contributed by atoms with van der Waals surface area (Å²) in [5.41, 5.74) is 1.13. The van der Waals surface area contributed by atoms with Crippen molar-refractivity contribution >= 4 is 0 Å². The van der Waals surface area contributed by atoms with Crippen molar-refractivity contribution in [3.8, 4) is 11.4 Å². The second-order valence-corrected chi connectivity index (χ2v) is 3.18. The first kappa shape index (κ1) is 8.81. The number of aryl methyl sites for hydroxylation is 1. The second-order valence-electron chi connectivity index (χ2n) is 3.18. The van der Waals surface area contributed by atoms with Crippen molar-refractivity contribution in [3.05, 3.63) is 43.0 Å². The zero-order chi connectivity index (χ0) is 9.97. The number of imidazole rings is 1. The molecule has 3 nitrogen and oxygen atoms in total. The van der Waals surface area contributed by atoms with Crippen LogP contribution in [0, 0.1) is 0 Å². The molecule has 0 bridgehead atoms. The van der Waals surface area contributed by atoms with E-state index in [9.17, 15) is 0 Å². The Morgan fingerprint density at radius 2 is 1.93 bits per heavy atom. The minimum atomic E-state index is 0.880.